The predicted octanol–water partition coefficient (Wildman–Crippen LogP) is 4.93. The lowest BCUT2D eigenvalue weighted by molar-refractivity contribution is -0.125. The van der Waals surface area contributed by atoms with E-state index in [1.165, 1.54) is 23.9 Å². The van der Waals surface area contributed by atoms with Crippen LogP contribution in [0.1, 0.15) is 45.9 Å². The Bertz CT molecular complexity index is 1080. The molecule has 1 N–H and O–H groups in total. The Labute approximate surface area is 184 Å². The van der Waals surface area contributed by atoms with Gasteiger partial charge in [-0.3, -0.25) is 10.1 Å². The SMILES string of the molecule is CSc1nccc(C2=C(c3cccc(NC(=O)OC(C)(C)C)c3F)C(=O)C(C)(C)O2)n1. The fourth-order valence-electron chi connectivity index (χ4n) is 2.98. The van der Waals surface area contributed by atoms with Crippen molar-refractivity contribution in [3.05, 3.63) is 47.5 Å². The lowest BCUT2D eigenvalue weighted by atomic mass is 9.92. The molecule has 0 fully saturated rings. The summed E-state index contributed by atoms with van der Waals surface area (Å²) in [6, 6.07) is 6.00. The van der Waals surface area contributed by atoms with Crippen molar-refractivity contribution in [2.75, 3.05) is 11.6 Å². The van der Waals surface area contributed by atoms with E-state index in [9.17, 15) is 9.59 Å². The first kappa shape index (κ1) is 22.7. The number of rotatable bonds is 4. The van der Waals surface area contributed by atoms with Crippen LogP contribution in [-0.2, 0) is 14.3 Å². The summed E-state index contributed by atoms with van der Waals surface area (Å²) < 4.78 is 26.5. The summed E-state index contributed by atoms with van der Waals surface area (Å²) in [5.41, 5.74) is -1.61. The van der Waals surface area contributed by atoms with Crippen molar-refractivity contribution in [1.29, 1.82) is 0 Å². The highest BCUT2D eigenvalue weighted by molar-refractivity contribution is 7.98. The zero-order valence-corrected chi connectivity index (χ0v) is 19.0. The molecule has 1 aromatic carbocycles. The summed E-state index contributed by atoms with van der Waals surface area (Å²) in [6.07, 6.45) is 2.58. The molecule has 0 radical (unpaired) electrons. The van der Waals surface area contributed by atoms with Gasteiger partial charge in [-0.25, -0.2) is 19.2 Å². The zero-order valence-electron chi connectivity index (χ0n) is 18.2. The third-order valence-electron chi connectivity index (χ3n) is 4.31. The van der Waals surface area contributed by atoms with Gasteiger partial charge in [-0.15, -0.1) is 0 Å². The van der Waals surface area contributed by atoms with E-state index in [4.69, 9.17) is 9.47 Å². The Hall–Kier alpha value is -2.94. The van der Waals surface area contributed by atoms with Gasteiger partial charge in [0.1, 0.15) is 11.3 Å². The third-order valence-corrected chi connectivity index (χ3v) is 4.87. The Balaban J connectivity index is 2.09. The van der Waals surface area contributed by atoms with Crippen LogP contribution in [0.4, 0.5) is 14.9 Å². The van der Waals surface area contributed by atoms with Gasteiger partial charge in [0.05, 0.1) is 11.3 Å². The van der Waals surface area contributed by atoms with Gasteiger partial charge in [-0.2, -0.15) is 0 Å². The van der Waals surface area contributed by atoms with E-state index < -0.39 is 23.1 Å². The van der Waals surface area contributed by atoms with Crippen molar-refractivity contribution in [2.24, 2.45) is 0 Å². The molecule has 1 aromatic heterocycles. The molecule has 0 saturated heterocycles. The molecule has 1 amide bonds. The molecule has 0 aliphatic carbocycles. The number of nitrogens with zero attached hydrogens (tertiary/aromatic N) is 2. The normalized spacial score (nSPS) is 15.6. The standard InChI is InChI=1S/C22H24FN3O4S/c1-21(2,3)30-20(28)26-13-9-7-8-12(16(13)23)15-17(29-22(4,5)18(15)27)14-10-11-24-19(25-14)31-6/h7-11H,1-6H3,(H,26,28). The number of nitrogens with one attached hydrogen (secondary N) is 1. The molecule has 164 valence electrons. The summed E-state index contributed by atoms with van der Waals surface area (Å²) in [5.74, 6) is -0.990. The number of anilines is 1. The van der Waals surface area contributed by atoms with E-state index in [-0.39, 0.29) is 28.4 Å². The predicted molar refractivity (Wildman–Crippen MR) is 117 cm³/mol. The van der Waals surface area contributed by atoms with Crippen molar-refractivity contribution in [2.45, 2.75) is 51.0 Å². The van der Waals surface area contributed by atoms with Crippen LogP contribution in [0.25, 0.3) is 11.3 Å². The summed E-state index contributed by atoms with van der Waals surface area (Å²) in [5, 5.41) is 2.89. The van der Waals surface area contributed by atoms with Crippen LogP contribution in [-0.4, -0.2) is 39.3 Å². The van der Waals surface area contributed by atoms with Gasteiger partial charge in [0, 0.05) is 11.8 Å². The first-order valence-electron chi connectivity index (χ1n) is 9.57. The largest absolute Gasteiger partial charge is 0.477 e. The zero-order chi connectivity index (χ0) is 23.0. The number of ketones is 1. The fourth-order valence-corrected chi connectivity index (χ4v) is 3.34. The molecule has 7 nitrogen and oxygen atoms in total. The molecule has 1 aliphatic rings. The Kier molecular flexibility index (Phi) is 6.09. The highest BCUT2D eigenvalue weighted by Crippen LogP contribution is 2.42. The number of thioether (sulfide) groups is 1. The van der Waals surface area contributed by atoms with E-state index in [2.05, 4.69) is 15.3 Å². The van der Waals surface area contributed by atoms with E-state index >= 15 is 4.39 Å². The van der Waals surface area contributed by atoms with Crippen molar-refractivity contribution < 1.29 is 23.5 Å². The van der Waals surface area contributed by atoms with Crippen LogP contribution >= 0.6 is 11.8 Å². The molecule has 2 heterocycles. The number of carbonyl (C=O) groups is 2. The Morgan fingerprint density at radius 2 is 1.97 bits per heavy atom. The average Bonchev–Trinajstić information content (AvgIpc) is 2.92. The number of aromatic nitrogens is 2. The first-order valence-corrected chi connectivity index (χ1v) is 10.8. The summed E-state index contributed by atoms with van der Waals surface area (Å²) >= 11 is 1.34. The maximum absolute atomic E-state index is 15.4. The van der Waals surface area contributed by atoms with Crippen molar-refractivity contribution in [1.82, 2.24) is 9.97 Å². The molecule has 3 rings (SSSR count). The van der Waals surface area contributed by atoms with Gasteiger partial charge in [-0.05, 0) is 53.0 Å². The van der Waals surface area contributed by atoms with E-state index in [0.717, 1.165) is 0 Å². The van der Waals surface area contributed by atoms with Crippen LogP contribution in [0.2, 0.25) is 0 Å². The molecule has 31 heavy (non-hydrogen) atoms. The van der Waals surface area contributed by atoms with E-state index in [1.54, 1.807) is 52.9 Å². The van der Waals surface area contributed by atoms with Gasteiger partial charge >= 0.3 is 6.09 Å². The molecule has 0 atom stereocenters. The summed E-state index contributed by atoms with van der Waals surface area (Å²) in [4.78, 5) is 33.8. The Morgan fingerprint density at radius 3 is 2.61 bits per heavy atom. The van der Waals surface area contributed by atoms with Crippen molar-refractivity contribution >= 4 is 40.7 Å². The van der Waals surface area contributed by atoms with Gasteiger partial charge in [0.2, 0.25) is 5.78 Å². The molecule has 1 aliphatic heterocycles. The van der Waals surface area contributed by atoms with Crippen LogP contribution in [0.3, 0.4) is 0 Å². The second-order valence-corrected chi connectivity index (χ2v) is 9.14. The molecule has 0 bridgehead atoms. The van der Waals surface area contributed by atoms with Crippen molar-refractivity contribution in [3.8, 4) is 0 Å². The average molecular weight is 446 g/mol. The van der Waals surface area contributed by atoms with Crippen LogP contribution < -0.4 is 5.32 Å². The fraction of sp³-hybridized carbons (Fsp3) is 0.364. The Morgan fingerprint density at radius 1 is 1.26 bits per heavy atom. The van der Waals surface area contributed by atoms with E-state index in [0.29, 0.717) is 10.9 Å². The number of benzene rings is 1. The maximum Gasteiger partial charge on any atom is 0.412 e. The minimum atomic E-state index is -1.20. The number of amides is 1. The first-order chi connectivity index (χ1) is 14.4. The maximum atomic E-state index is 15.4. The molecule has 0 saturated carbocycles. The summed E-state index contributed by atoms with van der Waals surface area (Å²) in [7, 11) is 0. The lowest BCUT2D eigenvalue weighted by Gasteiger charge is -2.20. The second-order valence-electron chi connectivity index (χ2n) is 8.37. The minimum Gasteiger partial charge on any atom is -0.477 e. The highest BCUT2D eigenvalue weighted by atomic mass is 32.2. The quantitative estimate of drug-likeness (QED) is 0.527. The number of hydrogen-bond acceptors (Lipinski definition) is 7. The number of halogens is 1. The van der Waals surface area contributed by atoms with Gasteiger partial charge in [0.25, 0.3) is 0 Å². The van der Waals surface area contributed by atoms with Crippen molar-refractivity contribution in [3.63, 3.8) is 0 Å². The number of ether oxygens (including phenoxy) is 2. The molecular weight excluding hydrogens is 421 g/mol. The number of carbonyl (C=O) groups excluding carboxylic acids is 2. The second kappa shape index (κ2) is 8.30. The third kappa shape index (κ3) is 4.87. The van der Waals surface area contributed by atoms with Crippen LogP contribution in [0.5, 0.6) is 0 Å². The molecule has 0 unspecified atom stereocenters. The number of Topliss-reactive ketones (excluding diaryl/α,β-unsaturated/α-hetero) is 1. The number of hydrogen-bond donors (Lipinski definition) is 1. The molecule has 9 heteroatoms. The smallest absolute Gasteiger partial charge is 0.412 e. The van der Waals surface area contributed by atoms with Gasteiger partial charge in [0.15, 0.2) is 22.3 Å². The molecule has 2 aromatic rings. The molecular formula is C22H24FN3O4S. The minimum absolute atomic E-state index is 0.00319. The van der Waals surface area contributed by atoms with Gasteiger partial charge < -0.3 is 9.47 Å². The highest BCUT2D eigenvalue weighted by Gasteiger charge is 2.44. The van der Waals surface area contributed by atoms with Crippen LogP contribution in [0, 0.1) is 5.82 Å². The lowest BCUT2D eigenvalue weighted by Crippen LogP contribution is -2.29. The van der Waals surface area contributed by atoms with E-state index in [1.807, 2.05) is 6.26 Å². The van der Waals surface area contributed by atoms with Gasteiger partial charge in [-0.1, -0.05) is 23.9 Å². The topological polar surface area (TPSA) is 90.4 Å². The summed E-state index contributed by atoms with van der Waals surface area (Å²) in [6.45, 7) is 8.34. The van der Waals surface area contributed by atoms with Crippen LogP contribution in [0.15, 0.2) is 35.6 Å². The molecule has 0 spiro atoms. The monoisotopic (exact) mass is 445 g/mol.